The van der Waals surface area contributed by atoms with Crippen LogP contribution in [-0.2, 0) is 4.74 Å². The van der Waals surface area contributed by atoms with E-state index in [9.17, 15) is 0 Å². The number of allylic oxidation sites excluding steroid dienone is 1. The summed E-state index contributed by atoms with van der Waals surface area (Å²) in [4.78, 5) is 0. The molecule has 1 heterocycles. The molecule has 0 bridgehead atoms. The molecule has 2 aliphatic rings. The predicted molar refractivity (Wildman–Crippen MR) is 36.2 cm³/mol. The van der Waals surface area contributed by atoms with Crippen LogP contribution in [0.5, 0.6) is 0 Å². The van der Waals surface area contributed by atoms with Crippen LogP contribution in [0.2, 0.25) is 0 Å². The van der Waals surface area contributed by atoms with Crippen LogP contribution in [0.3, 0.4) is 0 Å². The van der Waals surface area contributed by atoms with Gasteiger partial charge >= 0.3 is 0 Å². The Labute approximate surface area is 55.7 Å². The fraction of sp³-hybridized carbons (Fsp3) is 0.750. The molecule has 0 unspecified atom stereocenters. The molecular formula is C8H12O. The molecule has 9 heavy (non-hydrogen) atoms. The van der Waals surface area contributed by atoms with Crippen molar-refractivity contribution in [2.24, 2.45) is 5.92 Å². The highest BCUT2D eigenvalue weighted by atomic mass is 16.6. The van der Waals surface area contributed by atoms with Crippen LogP contribution >= 0.6 is 0 Å². The minimum Gasteiger partial charge on any atom is -0.370 e. The van der Waals surface area contributed by atoms with Crippen molar-refractivity contribution in [2.75, 3.05) is 0 Å². The molecule has 1 heteroatoms. The summed E-state index contributed by atoms with van der Waals surface area (Å²) >= 11 is 0. The van der Waals surface area contributed by atoms with Crippen molar-refractivity contribution in [2.45, 2.75) is 31.5 Å². The van der Waals surface area contributed by atoms with E-state index >= 15 is 0 Å². The first-order valence-corrected chi connectivity index (χ1v) is 3.68. The smallest absolute Gasteiger partial charge is 0.0847 e. The quantitative estimate of drug-likeness (QED) is 0.383. The summed E-state index contributed by atoms with van der Waals surface area (Å²) in [6.45, 7) is 3.78. The lowest BCUT2D eigenvalue weighted by Gasteiger charge is -2.12. The van der Waals surface area contributed by atoms with Crippen LogP contribution in [0.1, 0.15) is 19.3 Å². The molecule has 2 fully saturated rings. The summed E-state index contributed by atoms with van der Waals surface area (Å²) in [5.74, 6) is 0.744. The molecule has 2 rings (SSSR count). The van der Waals surface area contributed by atoms with Gasteiger partial charge in [-0.05, 0) is 25.2 Å². The monoisotopic (exact) mass is 124 g/mol. The van der Waals surface area contributed by atoms with Gasteiger partial charge in [-0.1, -0.05) is 6.08 Å². The van der Waals surface area contributed by atoms with Crippen molar-refractivity contribution >= 4 is 0 Å². The highest BCUT2D eigenvalue weighted by Crippen LogP contribution is 2.39. The molecule has 3 atom stereocenters. The van der Waals surface area contributed by atoms with Crippen molar-refractivity contribution in [1.29, 1.82) is 0 Å². The summed E-state index contributed by atoms with van der Waals surface area (Å²) in [6.07, 6.45) is 7.11. The molecule has 1 saturated carbocycles. The minimum atomic E-state index is 0.613. The third-order valence-corrected chi connectivity index (χ3v) is 2.38. The molecule has 0 N–H and O–H groups in total. The van der Waals surface area contributed by atoms with E-state index in [1.165, 1.54) is 19.3 Å². The maximum Gasteiger partial charge on any atom is 0.0847 e. The Hall–Kier alpha value is -0.300. The Morgan fingerprint density at radius 1 is 1.33 bits per heavy atom. The summed E-state index contributed by atoms with van der Waals surface area (Å²) in [5.41, 5.74) is 0. The first-order chi connectivity index (χ1) is 4.40. The Kier molecular flexibility index (Phi) is 1.12. The van der Waals surface area contributed by atoms with Crippen LogP contribution in [0, 0.1) is 5.92 Å². The molecular weight excluding hydrogens is 112 g/mol. The summed E-state index contributed by atoms with van der Waals surface area (Å²) in [6, 6.07) is 0. The summed E-state index contributed by atoms with van der Waals surface area (Å²) < 4.78 is 5.36. The Morgan fingerprint density at radius 2 is 2.22 bits per heavy atom. The first-order valence-electron chi connectivity index (χ1n) is 3.68. The van der Waals surface area contributed by atoms with Gasteiger partial charge in [0.05, 0.1) is 12.2 Å². The molecule has 0 aromatic rings. The fourth-order valence-corrected chi connectivity index (χ4v) is 1.65. The van der Waals surface area contributed by atoms with Crippen molar-refractivity contribution in [3.8, 4) is 0 Å². The largest absolute Gasteiger partial charge is 0.370 e. The standard InChI is InChI=1S/C8H12O/c1-2-6-3-4-7-8(5-6)9-7/h2,6-8H,1,3-5H2/t6-,7-,8+/m0/s1. The average Bonchev–Trinajstić information content (AvgIpc) is 2.64. The van der Waals surface area contributed by atoms with Gasteiger partial charge in [0.1, 0.15) is 0 Å². The van der Waals surface area contributed by atoms with E-state index < -0.39 is 0 Å². The van der Waals surface area contributed by atoms with Gasteiger partial charge in [0.25, 0.3) is 0 Å². The van der Waals surface area contributed by atoms with Crippen molar-refractivity contribution in [3.05, 3.63) is 12.7 Å². The van der Waals surface area contributed by atoms with Crippen LogP contribution in [0.4, 0.5) is 0 Å². The molecule has 0 amide bonds. The number of hydrogen-bond acceptors (Lipinski definition) is 1. The van der Waals surface area contributed by atoms with Gasteiger partial charge in [-0.3, -0.25) is 0 Å². The van der Waals surface area contributed by atoms with E-state index in [1.807, 2.05) is 0 Å². The fourth-order valence-electron chi connectivity index (χ4n) is 1.65. The van der Waals surface area contributed by atoms with Gasteiger partial charge in [0.15, 0.2) is 0 Å². The van der Waals surface area contributed by atoms with Crippen molar-refractivity contribution in [3.63, 3.8) is 0 Å². The second kappa shape index (κ2) is 1.84. The molecule has 50 valence electrons. The number of hydrogen-bond donors (Lipinski definition) is 0. The van der Waals surface area contributed by atoms with Crippen molar-refractivity contribution in [1.82, 2.24) is 0 Å². The highest BCUT2D eigenvalue weighted by Gasteiger charge is 2.42. The number of rotatable bonds is 1. The highest BCUT2D eigenvalue weighted by molar-refractivity contribution is 4.96. The lowest BCUT2D eigenvalue weighted by atomic mass is 9.90. The van der Waals surface area contributed by atoms with Gasteiger partial charge in [-0.25, -0.2) is 0 Å². The van der Waals surface area contributed by atoms with E-state index in [-0.39, 0.29) is 0 Å². The van der Waals surface area contributed by atoms with E-state index in [0.717, 1.165) is 5.92 Å². The van der Waals surface area contributed by atoms with E-state index in [4.69, 9.17) is 4.74 Å². The molecule has 1 aliphatic heterocycles. The maximum absolute atomic E-state index is 5.36. The predicted octanol–water partition coefficient (Wildman–Crippen LogP) is 1.74. The SMILES string of the molecule is C=C[C@H]1CC[C@@H]2O[C@@H]2C1. The maximum atomic E-state index is 5.36. The van der Waals surface area contributed by atoms with Gasteiger partial charge < -0.3 is 4.74 Å². The van der Waals surface area contributed by atoms with Gasteiger partial charge in [0.2, 0.25) is 0 Å². The third-order valence-electron chi connectivity index (χ3n) is 2.38. The lowest BCUT2D eigenvalue weighted by Crippen LogP contribution is -2.10. The zero-order valence-electron chi connectivity index (χ0n) is 5.55. The Balaban J connectivity index is 1.93. The summed E-state index contributed by atoms with van der Waals surface area (Å²) in [7, 11) is 0. The van der Waals surface area contributed by atoms with Crippen LogP contribution in [0.15, 0.2) is 12.7 Å². The Morgan fingerprint density at radius 3 is 2.89 bits per heavy atom. The molecule has 0 aromatic heterocycles. The zero-order valence-corrected chi connectivity index (χ0v) is 5.55. The van der Waals surface area contributed by atoms with Crippen LogP contribution in [0.25, 0.3) is 0 Å². The van der Waals surface area contributed by atoms with Crippen LogP contribution in [-0.4, -0.2) is 12.2 Å². The first kappa shape index (κ1) is 5.48. The van der Waals surface area contributed by atoms with Crippen LogP contribution < -0.4 is 0 Å². The van der Waals surface area contributed by atoms with Gasteiger partial charge in [-0.15, -0.1) is 6.58 Å². The minimum absolute atomic E-state index is 0.613. The number of fused-ring (bicyclic) bond motifs is 1. The topological polar surface area (TPSA) is 12.5 Å². The van der Waals surface area contributed by atoms with Gasteiger partial charge in [-0.2, -0.15) is 0 Å². The number of epoxide rings is 1. The van der Waals surface area contributed by atoms with Crippen molar-refractivity contribution < 1.29 is 4.74 Å². The number of ether oxygens (including phenoxy) is 1. The summed E-state index contributed by atoms with van der Waals surface area (Å²) in [5, 5.41) is 0. The normalized spacial score (nSPS) is 47.8. The second-order valence-corrected chi connectivity index (χ2v) is 3.02. The third kappa shape index (κ3) is 0.897. The lowest BCUT2D eigenvalue weighted by molar-refractivity contribution is 0.370. The van der Waals surface area contributed by atoms with E-state index in [2.05, 4.69) is 12.7 Å². The average molecular weight is 124 g/mol. The molecule has 1 aliphatic carbocycles. The Bertz CT molecular complexity index is 131. The molecule has 0 aromatic carbocycles. The molecule has 0 spiro atoms. The zero-order chi connectivity index (χ0) is 6.27. The molecule has 1 saturated heterocycles. The molecule has 1 nitrogen and oxygen atoms in total. The second-order valence-electron chi connectivity index (χ2n) is 3.02. The molecule has 0 radical (unpaired) electrons. The van der Waals surface area contributed by atoms with E-state index in [0.29, 0.717) is 12.2 Å². The van der Waals surface area contributed by atoms with E-state index in [1.54, 1.807) is 0 Å². The van der Waals surface area contributed by atoms with Gasteiger partial charge in [0, 0.05) is 0 Å².